The van der Waals surface area contributed by atoms with Gasteiger partial charge in [0.15, 0.2) is 5.78 Å². The first kappa shape index (κ1) is 29.3. The Labute approximate surface area is 226 Å². The maximum absolute atomic E-state index is 12.2. The Morgan fingerprint density at radius 3 is 1.70 bits per heavy atom. The molecular weight excluding hydrogens is 452 g/mol. The largest absolute Gasteiger partial charge is 0.299 e. The molecule has 0 amide bonds. The van der Waals surface area contributed by atoms with E-state index in [2.05, 4.69) is 31.2 Å². The van der Waals surface area contributed by atoms with Gasteiger partial charge in [-0.25, -0.2) is 0 Å². The van der Waals surface area contributed by atoms with Gasteiger partial charge in [-0.1, -0.05) is 133 Å². The van der Waals surface area contributed by atoms with Gasteiger partial charge in [-0.15, -0.1) is 0 Å². The van der Waals surface area contributed by atoms with Crippen molar-refractivity contribution in [2.24, 2.45) is 5.92 Å². The minimum atomic E-state index is -0.0856. The highest BCUT2D eigenvalue weighted by Crippen LogP contribution is 2.38. The number of hydrogen-bond donors (Lipinski definition) is 0. The van der Waals surface area contributed by atoms with Crippen molar-refractivity contribution in [1.82, 2.24) is 0 Å². The molecule has 0 unspecified atom stereocenters. The molecule has 0 heterocycles. The summed E-state index contributed by atoms with van der Waals surface area (Å²) < 4.78 is 0. The zero-order valence-corrected chi connectivity index (χ0v) is 23.6. The minimum Gasteiger partial charge on any atom is -0.299 e. The van der Waals surface area contributed by atoms with Crippen LogP contribution in [-0.4, -0.2) is 11.6 Å². The van der Waals surface area contributed by atoms with E-state index in [0.29, 0.717) is 17.9 Å². The lowest BCUT2D eigenvalue weighted by molar-refractivity contribution is -0.117. The Bertz CT molecular complexity index is 917. The maximum Gasteiger partial charge on any atom is 0.170 e. The van der Waals surface area contributed by atoms with E-state index >= 15 is 0 Å². The molecule has 2 nitrogen and oxygen atoms in total. The van der Waals surface area contributed by atoms with E-state index in [9.17, 15) is 9.59 Å². The third kappa shape index (κ3) is 10.2. The lowest BCUT2D eigenvalue weighted by Crippen LogP contribution is -2.13. The summed E-state index contributed by atoms with van der Waals surface area (Å²) >= 11 is 0. The van der Waals surface area contributed by atoms with Crippen LogP contribution in [0.2, 0.25) is 0 Å². The number of carbonyl (C=O) groups excluding carboxylic acids is 2. The first-order valence-electron chi connectivity index (χ1n) is 15.4. The number of unbranched alkanes of at least 4 members (excludes halogenated alkanes) is 9. The van der Waals surface area contributed by atoms with Crippen LogP contribution in [0.4, 0.5) is 0 Å². The van der Waals surface area contributed by atoms with E-state index in [0.717, 1.165) is 11.5 Å². The zero-order chi connectivity index (χ0) is 26.3. The molecule has 2 aromatic rings. The Kier molecular flexibility index (Phi) is 13.2. The number of Topliss-reactive ketones (excluding diaryl/α,β-unsaturated/α-hetero) is 2. The molecule has 202 valence electrons. The van der Waals surface area contributed by atoms with Gasteiger partial charge in [0, 0.05) is 12.0 Å². The Balaban J connectivity index is 1.34. The Morgan fingerprint density at radius 2 is 1.16 bits per heavy atom. The molecule has 1 aliphatic carbocycles. The van der Waals surface area contributed by atoms with Crippen LogP contribution in [-0.2, 0) is 4.79 Å². The molecule has 0 aliphatic heterocycles. The summed E-state index contributed by atoms with van der Waals surface area (Å²) in [5.41, 5.74) is 4.40. The van der Waals surface area contributed by atoms with Crippen molar-refractivity contribution in [3.8, 4) is 11.1 Å². The zero-order valence-electron chi connectivity index (χ0n) is 23.6. The Hall–Kier alpha value is -2.22. The molecule has 37 heavy (non-hydrogen) atoms. The lowest BCUT2D eigenvalue weighted by Gasteiger charge is -2.29. The summed E-state index contributed by atoms with van der Waals surface area (Å²) in [6.45, 7) is 4.09. The highest BCUT2D eigenvalue weighted by molar-refractivity contribution is 6.08. The van der Waals surface area contributed by atoms with Crippen molar-refractivity contribution in [3.63, 3.8) is 0 Å². The van der Waals surface area contributed by atoms with Crippen LogP contribution >= 0.6 is 0 Å². The molecule has 1 aliphatic rings. The fourth-order valence-corrected chi connectivity index (χ4v) is 5.91. The van der Waals surface area contributed by atoms with Crippen molar-refractivity contribution in [2.75, 3.05) is 0 Å². The highest BCUT2D eigenvalue weighted by atomic mass is 16.1. The third-order valence-electron chi connectivity index (χ3n) is 8.49. The van der Waals surface area contributed by atoms with E-state index in [1.165, 1.54) is 107 Å². The molecular formula is C35H50O2. The molecule has 1 fully saturated rings. The van der Waals surface area contributed by atoms with Crippen molar-refractivity contribution in [3.05, 3.63) is 59.7 Å². The smallest absolute Gasteiger partial charge is 0.170 e. The molecule has 3 rings (SSSR count). The first-order valence-corrected chi connectivity index (χ1v) is 15.4. The summed E-state index contributed by atoms with van der Waals surface area (Å²) in [6.07, 6.45) is 21.6. The van der Waals surface area contributed by atoms with E-state index in [1.54, 1.807) is 6.92 Å². The molecule has 0 radical (unpaired) electrons. The van der Waals surface area contributed by atoms with Crippen LogP contribution in [0.1, 0.15) is 145 Å². The van der Waals surface area contributed by atoms with E-state index in [-0.39, 0.29) is 18.0 Å². The van der Waals surface area contributed by atoms with Crippen LogP contribution in [0, 0.1) is 5.92 Å². The summed E-state index contributed by atoms with van der Waals surface area (Å²) in [5, 5.41) is 0. The molecule has 0 N–H and O–H groups in total. The first-order chi connectivity index (χ1) is 18.1. The second kappa shape index (κ2) is 16.6. The van der Waals surface area contributed by atoms with E-state index in [4.69, 9.17) is 0 Å². The summed E-state index contributed by atoms with van der Waals surface area (Å²) in [6, 6.07) is 16.8. The van der Waals surface area contributed by atoms with Crippen LogP contribution < -0.4 is 0 Å². The molecule has 0 atom stereocenters. The van der Waals surface area contributed by atoms with Gasteiger partial charge in [0.25, 0.3) is 0 Å². The molecule has 1 saturated carbocycles. The fraction of sp³-hybridized carbons (Fsp3) is 0.600. The van der Waals surface area contributed by atoms with Crippen LogP contribution in [0.25, 0.3) is 11.1 Å². The Morgan fingerprint density at radius 1 is 0.649 bits per heavy atom. The summed E-state index contributed by atoms with van der Waals surface area (Å²) in [4.78, 5) is 23.8. The summed E-state index contributed by atoms with van der Waals surface area (Å²) in [7, 11) is 0. The average Bonchev–Trinajstić information content (AvgIpc) is 2.94. The number of ketones is 2. The molecule has 0 saturated heterocycles. The van der Waals surface area contributed by atoms with Gasteiger partial charge in [0.05, 0.1) is 6.42 Å². The highest BCUT2D eigenvalue weighted by Gasteiger charge is 2.22. The normalized spacial score (nSPS) is 17.6. The molecule has 0 spiro atoms. The number of hydrogen-bond acceptors (Lipinski definition) is 2. The maximum atomic E-state index is 12.2. The topological polar surface area (TPSA) is 34.1 Å². The third-order valence-corrected chi connectivity index (χ3v) is 8.49. The molecule has 2 aromatic carbocycles. The second-order valence-corrected chi connectivity index (χ2v) is 11.4. The van der Waals surface area contributed by atoms with Gasteiger partial charge < -0.3 is 0 Å². The van der Waals surface area contributed by atoms with Crippen LogP contribution in [0.15, 0.2) is 48.5 Å². The van der Waals surface area contributed by atoms with Gasteiger partial charge in [-0.2, -0.15) is 0 Å². The lowest BCUT2D eigenvalue weighted by atomic mass is 9.77. The monoisotopic (exact) mass is 502 g/mol. The van der Waals surface area contributed by atoms with Gasteiger partial charge >= 0.3 is 0 Å². The van der Waals surface area contributed by atoms with Crippen molar-refractivity contribution in [1.29, 1.82) is 0 Å². The van der Waals surface area contributed by atoms with Crippen LogP contribution in [0.5, 0.6) is 0 Å². The fourth-order valence-electron chi connectivity index (χ4n) is 5.91. The second-order valence-electron chi connectivity index (χ2n) is 11.4. The summed E-state index contributed by atoms with van der Waals surface area (Å²) in [5.74, 6) is 1.56. The van der Waals surface area contributed by atoms with Gasteiger partial charge in [0.1, 0.15) is 5.78 Å². The molecule has 0 bridgehead atoms. The van der Waals surface area contributed by atoms with Gasteiger partial charge in [-0.05, 0) is 54.2 Å². The predicted octanol–water partition coefficient (Wildman–Crippen LogP) is 10.5. The van der Waals surface area contributed by atoms with Crippen molar-refractivity contribution in [2.45, 2.75) is 129 Å². The van der Waals surface area contributed by atoms with Gasteiger partial charge in [-0.3, -0.25) is 9.59 Å². The quantitative estimate of drug-likeness (QED) is 0.122. The predicted molar refractivity (Wildman–Crippen MR) is 157 cm³/mol. The minimum absolute atomic E-state index is 0.00231. The van der Waals surface area contributed by atoms with Crippen LogP contribution in [0.3, 0.4) is 0 Å². The standard InChI is InChI=1S/C35H50O2/c1-3-5-6-7-8-9-10-11-12-13-14-28-15-17-29(18-16-28)30-19-21-31(22-20-30)32-23-25-33(26-24-32)35(37)27-34(36)4-2/h19-26,28-29H,3-18,27H2,1-2H3. The van der Waals surface area contributed by atoms with Gasteiger partial charge in [0.2, 0.25) is 0 Å². The van der Waals surface area contributed by atoms with E-state index < -0.39 is 0 Å². The number of benzene rings is 2. The van der Waals surface area contributed by atoms with E-state index in [1.807, 2.05) is 24.3 Å². The number of carbonyl (C=O) groups is 2. The van der Waals surface area contributed by atoms with Crippen molar-refractivity contribution < 1.29 is 9.59 Å². The molecule has 2 heteroatoms. The molecule has 0 aromatic heterocycles. The SMILES string of the molecule is CCCCCCCCCCCCC1CCC(c2ccc(-c3ccc(C(=O)CC(=O)CC)cc3)cc2)CC1. The number of rotatable bonds is 17. The van der Waals surface area contributed by atoms with Crippen molar-refractivity contribution >= 4 is 11.6 Å². The average molecular weight is 503 g/mol.